The normalized spacial score (nSPS) is 16.3. The lowest BCUT2D eigenvalue weighted by Gasteiger charge is -2.42. The molecule has 9 heteroatoms. The minimum Gasteiger partial charge on any atom is -0.390 e. The Morgan fingerprint density at radius 3 is 2.39 bits per heavy atom. The molecule has 3 heterocycles. The van der Waals surface area contributed by atoms with Gasteiger partial charge in [0.1, 0.15) is 24.1 Å². The maximum absolute atomic E-state index is 13.5. The van der Waals surface area contributed by atoms with Crippen LogP contribution in [0.5, 0.6) is 0 Å². The molecule has 1 aliphatic rings. The highest BCUT2D eigenvalue weighted by Gasteiger charge is 2.29. The van der Waals surface area contributed by atoms with Gasteiger partial charge in [-0.25, -0.2) is 19.3 Å². The molecule has 36 heavy (non-hydrogen) atoms. The minimum absolute atomic E-state index is 0.296. The molecule has 2 unspecified atom stereocenters. The molecule has 2 N–H and O–H groups in total. The molecule has 188 valence electrons. The molecule has 1 fully saturated rings. The van der Waals surface area contributed by atoms with Crippen molar-refractivity contribution in [3.8, 4) is 5.69 Å². The first kappa shape index (κ1) is 24.1. The van der Waals surface area contributed by atoms with Gasteiger partial charge in [0.05, 0.1) is 6.10 Å². The van der Waals surface area contributed by atoms with Gasteiger partial charge in [-0.05, 0) is 69.2 Å². The summed E-state index contributed by atoms with van der Waals surface area (Å²) in [5.74, 6) is 0.984. The molecule has 5 rings (SSSR count). The molecule has 0 radical (unpaired) electrons. The van der Waals surface area contributed by atoms with Crippen molar-refractivity contribution in [2.75, 3.05) is 36.4 Å². The Morgan fingerprint density at radius 1 is 0.972 bits per heavy atom. The fourth-order valence-electron chi connectivity index (χ4n) is 4.98. The number of rotatable bonds is 6. The summed E-state index contributed by atoms with van der Waals surface area (Å²) in [7, 11) is 0. The molecule has 2 aromatic heterocycles. The number of nitrogens with zero attached hydrogens (tertiary/aromatic N) is 6. The standard InChI is InChI=1S/C27H32FN7O/c1-17-6-5-7-23(18(17)2)33-12-14-34(15-13-33)26(19(3)36)32-25-24-27(30-16-29-25)35(20(4)31-24)22-10-8-21(28)9-11-22/h5-11,16,19,26,36H,12-15H2,1-4H3,(H,29,30,32). The Hall–Kier alpha value is -3.56. The Morgan fingerprint density at radius 2 is 1.69 bits per heavy atom. The van der Waals surface area contributed by atoms with Crippen molar-refractivity contribution in [1.29, 1.82) is 0 Å². The van der Waals surface area contributed by atoms with Crippen LogP contribution < -0.4 is 10.2 Å². The first-order chi connectivity index (χ1) is 17.3. The molecule has 0 spiro atoms. The number of aromatic nitrogens is 4. The maximum Gasteiger partial charge on any atom is 0.170 e. The van der Waals surface area contributed by atoms with Crippen molar-refractivity contribution in [3.05, 3.63) is 71.6 Å². The van der Waals surface area contributed by atoms with Gasteiger partial charge in [-0.2, -0.15) is 0 Å². The minimum atomic E-state index is -0.637. The van der Waals surface area contributed by atoms with Crippen molar-refractivity contribution in [2.24, 2.45) is 0 Å². The molecular weight excluding hydrogens is 457 g/mol. The summed E-state index contributed by atoms with van der Waals surface area (Å²) in [5, 5.41) is 14.1. The Labute approximate surface area is 210 Å². The number of fused-ring (bicyclic) bond motifs is 1. The second-order valence-corrected chi connectivity index (χ2v) is 9.44. The van der Waals surface area contributed by atoms with Crippen LogP contribution in [0.2, 0.25) is 0 Å². The van der Waals surface area contributed by atoms with Crippen LogP contribution in [0.3, 0.4) is 0 Å². The number of halogens is 1. The molecule has 1 aliphatic heterocycles. The second-order valence-electron chi connectivity index (χ2n) is 9.44. The van der Waals surface area contributed by atoms with Gasteiger partial charge in [-0.1, -0.05) is 12.1 Å². The van der Waals surface area contributed by atoms with E-state index in [2.05, 4.69) is 57.1 Å². The summed E-state index contributed by atoms with van der Waals surface area (Å²) in [6, 6.07) is 12.7. The number of aliphatic hydroxyl groups excluding tert-OH is 1. The van der Waals surface area contributed by atoms with Crippen LogP contribution in [0.25, 0.3) is 16.9 Å². The number of piperazine rings is 1. The third-order valence-corrected chi connectivity index (χ3v) is 7.06. The Balaban J connectivity index is 1.38. The quantitative estimate of drug-likeness (QED) is 0.426. The van der Waals surface area contributed by atoms with E-state index in [9.17, 15) is 9.50 Å². The van der Waals surface area contributed by atoms with Crippen LogP contribution in [-0.2, 0) is 0 Å². The monoisotopic (exact) mass is 489 g/mol. The zero-order valence-electron chi connectivity index (χ0n) is 21.1. The topological polar surface area (TPSA) is 82.3 Å². The largest absolute Gasteiger partial charge is 0.390 e. The van der Waals surface area contributed by atoms with E-state index in [1.807, 2.05) is 11.5 Å². The van der Waals surface area contributed by atoms with Gasteiger partial charge in [0.2, 0.25) is 0 Å². The first-order valence-electron chi connectivity index (χ1n) is 12.3. The summed E-state index contributed by atoms with van der Waals surface area (Å²) in [5.41, 5.74) is 5.89. The van der Waals surface area contributed by atoms with Crippen LogP contribution in [0.15, 0.2) is 48.8 Å². The van der Waals surface area contributed by atoms with E-state index in [0.29, 0.717) is 17.0 Å². The van der Waals surface area contributed by atoms with Crippen molar-refractivity contribution >= 4 is 22.7 Å². The third-order valence-electron chi connectivity index (χ3n) is 7.06. The molecule has 1 saturated heterocycles. The van der Waals surface area contributed by atoms with Crippen LogP contribution >= 0.6 is 0 Å². The summed E-state index contributed by atoms with van der Waals surface area (Å²) >= 11 is 0. The predicted molar refractivity (Wildman–Crippen MR) is 140 cm³/mol. The lowest BCUT2D eigenvalue weighted by molar-refractivity contribution is 0.0720. The van der Waals surface area contributed by atoms with Gasteiger partial charge in [-0.15, -0.1) is 0 Å². The zero-order valence-corrected chi connectivity index (χ0v) is 21.1. The number of imidazole rings is 1. The van der Waals surface area contributed by atoms with Crippen molar-refractivity contribution in [2.45, 2.75) is 40.0 Å². The molecule has 2 aromatic carbocycles. The number of hydrogen-bond donors (Lipinski definition) is 2. The Bertz CT molecular complexity index is 1360. The predicted octanol–water partition coefficient (Wildman–Crippen LogP) is 3.82. The fraction of sp³-hybridized carbons (Fsp3) is 0.370. The van der Waals surface area contributed by atoms with E-state index in [-0.39, 0.29) is 12.0 Å². The molecule has 2 atom stereocenters. The Kier molecular flexibility index (Phi) is 6.59. The summed E-state index contributed by atoms with van der Waals surface area (Å²) < 4.78 is 15.3. The number of nitrogens with one attached hydrogen (secondary N) is 1. The molecular formula is C27H32FN7O. The van der Waals surface area contributed by atoms with Crippen LogP contribution in [0.4, 0.5) is 15.9 Å². The average Bonchev–Trinajstić information content (AvgIpc) is 3.21. The van der Waals surface area contributed by atoms with E-state index in [1.54, 1.807) is 19.1 Å². The average molecular weight is 490 g/mol. The lowest BCUT2D eigenvalue weighted by atomic mass is 10.1. The van der Waals surface area contributed by atoms with Gasteiger partial charge in [0.15, 0.2) is 17.0 Å². The number of anilines is 2. The number of aryl methyl sites for hydroxylation is 2. The summed E-state index contributed by atoms with van der Waals surface area (Å²) in [6.45, 7) is 11.3. The van der Waals surface area contributed by atoms with E-state index < -0.39 is 6.10 Å². The number of aliphatic hydroxyl groups is 1. The van der Waals surface area contributed by atoms with Crippen molar-refractivity contribution in [3.63, 3.8) is 0 Å². The maximum atomic E-state index is 13.5. The van der Waals surface area contributed by atoms with Crippen LogP contribution in [0.1, 0.15) is 23.9 Å². The van der Waals surface area contributed by atoms with Crippen LogP contribution in [-0.4, -0.2) is 68.0 Å². The van der Waals surface area contributed by atoms with Gasteiger partial charge in [0.25, 0.3) is 0 Å². The second kappa shape index (κ2) is 9.83. The lowest BCUT2D eigenvalue weighted by Crippen LogP contribution is -2.56. The fourth-order valence-corrected chi connectivity index (χ4v) is 4.98. The van der Waals surface area contributed by atoms with Gasteiger partial charge < -0.3 is 15.3 Å². The van der Waals surface area contributed by atoms with Gasteiger partial charge in [-0.3, -0.25) is 9.47 Å². The van der Waals surface area contributed by atoms with Crippen LogP contribution in [0, 0.1) is 26.6 Å². The van der Waals surface area contributed by atoms with Gasteiger partial charge >= 0.3 is 0 Å². The van der Waals surface area contributed by atoms with E-state index in [1.165, 1.54) is 35.3 Å². The van der Waals surface area contributed by atoms with E-state index >= 15 is 0 Å². The molecule has 0 bridgehead atoms. The summed E-state index contributed by atoms with van der Waals surface area (Å²) in [4.78, 5) is 18.3. The summed E-state index contributed by atoms with van der Waals surface area (Å²) in [6.07, 6.45) is 0.520. The first-order valence-corrected chi connectivity index (χ1v) is 12.3. The van der Waals surface area contributed by atoms with Crippen molar-refractivity contribution in [1.82, 2.24) is 24.4 Å². The van der Waals surface area contributed by atoms with E-state index in [4.69, 9.17) is 4.98 Å². The molecule has 4 aromatic rings. The molecule has 8 nitrogen and oxygen atoms in total. The third kappa shape index (κ3) is 4.52. The van der Waals surface area contributed by atoms with Crippen molar-refractivity contribution < 1.29 is 9.50 Å². The zero-order chi connectivity index (χ0) is 25.4. The molecule has 0 amide bonds. The van der Waals surface area contributed by atoms with E-state index in [0.717, 1.165) is 37.7 Å². The molecule has 0 aliphatic carbocycles. The molecule has 0 saturated carbocycles. The number of benzene rings is 2. The highest BCUT2D eigenvalue weighted by Crippen LogP contribution is 2.27. The smallest absolute Gasteiger partial charge is 0.170 e. The SMILES string of the molecule is Cc1cccc(N2CCN(C(Nc3ncnc4c3nc(C)n4-c3ccc(F)cc3)C(C)O)CC2)c1C. The number of hydrogen-bond acceptors (Lipinski definition) is 7. The highest BCUT2D eigenvalue weighted by atomic mass is 19.1. The van der Waals surface area contributed by atoms with Gasteiger partial charge in [0, 0.05) is 37.6 Å². The highest BCUT2D eigenvalue weighted by molar-refractivity contribution is 5.84.